The number of amides is 1. The summed E-state index contributed by atoms with van der Waals surface area (Å²) in [4.78, 5) is 15.4. The summed E-state index contributed by atoms with van der Waals surface area (Å²) >= 11 is 0. The Morgan fingerprint density at radius 2 is 1.86 bits per heavy atom. The number of benzene rings is 2. The van der Waals surface area contributed by atoms with Gasteiger partial charge in [0.15, 0.2) is 0 Å². The lowest BCUT2D eigenvalue weighted by molar-refractivity contribution is -0.116. The van der Waals surface area contributed by atoms with Crippen LogP contribution in [0, 0.1) is 6.92 Å². The Hall–Kier alpha value is -3.30. The molecule has 1 amide bonds. The predicted octanol–water partition coefficient (Wildman–Crippen LogP) is 4.42. The van der Waals surface area contributed by atoms with Crippen molar-refractivity contribution in [3.63, 3.8) is 0 Å². The van der Waals surface area contributed by atoms with Crippen LogP contribution < -0.4 is 15.0 Å². The average Bonchev–Trinajstić information content (AvgIpc) is 3.55. The van der Waals surface area contributed by atoms with Crippen LogP contribution in [-0.2, 0) is 21.4 Å². The van der Waals surface area contributed by atoms with E-state index in [1.807, 2.05) is 26.0 Å². The van der Waals surface area contributed by atoms with E-state index in [4.69, 9.17) is 9.15 Å². The first-order valence-corrected chi connectivity index (χ1v) is 13.2. The summed E-state index contributed by atoms with van der Waals surface area (Å²) in [6, 6.07) is 15.5. The second-order valence-corrected chi connectivity index (χ2v) is 10.4. The van der Waals surface area contributed by atoms with Crippen molar-refractivity contribution in [2.75, 3.05) is 36.5 Å². The summed E-state index contributed by atoms with van der Waals surface area (Å²) in [7, 11) is -3.97. The van der Waals surface area contributed by atoms with E-state index in [2.05, 4.69) is 16.3 Å². The Kier molecular flexibility index (Phi) is 7.77. The molecule has 0 atom stereocenters. The molecule has 0 spiro atoms. The third-order valence-electron chi connectivity index (χ3n) is 5.96. The van der Waals surface area contributed by atoms with Gasteiger partial charge >= 0.3 is 0 Å². The van der Waals surface area contributed by atoms with E-state index in [1.165, 1.54) is 31.2 Å². The Morgan fingerprint density at radius 3 is 2.49 bits per heavy atom. The Labute approximate surface area is 206 Å². The maximum atomic E-state index is 13.4. The third-order valence-corrected chi connectivity index (χ3v) is 7.77. The first kappa shape index (κ1) is 24.8. The molecule has 1 aliphatic rings. The second-order valence-electron chi connectivity index (χ2n) is 8.50. The van der Waals surface area contributed by atoms with E-state index in [0.29, 0.717) is 23.8 Å². The molecule has 9 heteroatoms. The van der Waals surface area contributed by atoms with Crippen LogP contribution in [0.2, 0.25) is 0 Å². The van der Waals surface area contributed by atoms with Gasteiger partial charge in [-0.2, -0.15) is 4.31 Å². The minimum atomic E-state index is -3.97. The summed E-state index contributed by atoms with van der Waals surface area (Å²) in [6.45, 7) is 5.93. The number of anilines is 2. The first-order chi connectivity index (χ1) is 16.9. The van der Waals surface area contributed by atoms with Crippen molar-refractivity contribution in [1.29, 1.82) is 0 Å². The Balaban J connectivity index is 1.51. The lowest BCUT2D eigenvalue weighted by atomic mass is 10.1. The van der Waals surface area contributed by atoms with E-state index in [9.17, 15) is 13.2 Å². The maximum Gasteiger partial charge on any atom is 0.243 e. The number of nitrogens with one attached hydrogen (secondary N) is 1. The van der Waals surface area contributed by atoms with Crippen molar-refractivity contribution < 1.29 is 22.4 Å². The van der Waals surface area contributed by atoms with Gasteiger partial charge in [0.2, 0.25) is 15.9 Å². The van der Waals surface area contributed by atoms with E-state index >= 15 is 0 Å². The SMILES string of the molecule is CCOc1ccc(S(=O)(=O)N(CC(=O)Nc2ccc(N3CCCC3)cc2C)Cc2ccco2)cc1. The van der Waals surface area contributed by atoms with Crippen LogP contribution in [0.3, 0.4) is 0 Å². The number of furan rings is 1. The average molecular weight is 498 g/mol. The molecule has 0 bridgehead atoms. The standard InChI is InChI=1S/C26H31N3O5S/c1-3-33-22-9-11-24(12-10-22)35(31,32)29(18-23-7-6-16-34-23)19-26(30)27-25-13-8-21(17-20(25)2)28-14-4-5-15-28/h6-13,16-17H,3-5,14-15,18-19H2,1-2H3,(H,27,30). The summed E-state index contributed by atoms with van der Waals surface area (Å²) in [5, 5.41) is 2.87. The molecule has 0 aliphatic carbocycles. The van der Waals surface area contributed by atoms with Crippen molar-refractivity contribution >= 4 is 27.3 Å². The number of hydrogen-bond acceptors (Lipinski definition) is 6. The van der Waals surface area contributed by atoms with Gasteiger partial charge in [0.05, 0.1) is 30.9 Å². The van der Waals surface area contributed by atoms with Crippen LogP contribution in [0.4, 0.5) is 11.4 Å². The van der Waals surface area contributed by atoms with Gasteiger partial charge in [-0.3, -0.25) is 4.79 Å². The molecular weight excluding hydrogens is 466 g/mol. The molecule has 8 nitrogen and oxygen atoms in total. The second kappa shape index (κ2) is 11.0. The molecule has 1 N–H and O–H groups in total. The smallest absolute Gasteiger partial charge is 0.243 e. The summed E-state index contributed by atoms with van der Waals surface area (Å²) in [5.74, 6) is 0.594. The monoisotopic (exact) mass is 497 g/mol. The fourth-order valence-electron chi connectivity index (χ4n) is 4.14. The Bertz CT molecular complexity index is 1230. The molecule has 35 heavy (non-hydrogen) atoms. The van der Waals surface area contributed by atoms with E-state index in [-0.39, 0.29) is 18.0 Å². The van der Waals surface area contributed by atoms with Crippen LogP contribution in [0.15, 0.2) is 70.2 Å². The minimum absolute atomic E-state index is 0.0666. The molecule has 186 valence electrons. The highest BCUT2D eigenvalue weighted by molar-refractivity contribution is 7.89. The van der Waals surface area contributed by atoms with Crippen molar-refractivity contribution in [2.45, 2.75) is 38.1 Å². The highest BCUT2D eigenvalue weighted by Crippen LogP contribution is 2.26. The molecule has 1 aliphatic heterocycles. The number of nitrogens with zero attached hydrogens (tertiary/aromatic N) is 2. The number of sulfonamides is 1. The normalized spacial score (nSPS) is 13.9. The zero-order valence-corrected chi connectivity index (χ0v) is 20.9. The van der Waals surface area contributed by atoms with Gasteiger partial charge in [-0.1, -0.05) is 0 Å². The van der Waals surface area contributed by atoms with Crippen LogP contribution in [0.5, 0.6) is 5.75 Å². The van der Waals surface area contributed by atoms with Gasteiger partial charge in [0.1, 0.15) is 11.5 Å². The third kappa shape index (κ3) is 6.04. The highest BCUT2D eigenvalue weighted by atomic mass is 32.2. The van der Waals surface area contributed by atoms with Gasteiger partial charge in [0.25, 0.3) is 0 Å². The van der Waals surface area contributed by atoms with E-state index in [0.717, 1.165) is 28.6 Å². The van der Waals surface area contributed by atoms with Crippen LogP contribution >= 0.6 is 0 Å². The number of carbonyl (C=O) groups excluding carboxylic acids is 1. The van der Waals surface area contributed by atoms with Crippen molar-refractivity contribution in [3.8, 4) is 5.75 Å². The molecule has 2 aromatic carbocycles. The van der Waals surface area contributed by atoms with Gasteiger partial charge in [0, 0.05) is 24.5 Å². The van der Waals surface area contributed by atoms with E-state index < -0.39 is 15.9 Å². The molecule has 1 saturated heterocycles. The number of hydrogen-bond donors (Lipinski definition) is 1. The van der Waals surface area contributed by atoms with Crippen LogP contribution in [0.1, 0.15) is 31.1 Å². The first-order valence-electron chi connectivity index (χ1n) is 11.8. The molecule has 1 aromatic heterocycles. The van der Waals surface area contributed by atoms with Gasteiger partial charge in [-0.05, 0) is 86.8 Å². The summed E-state index contributed by atoms with van der Waals surface area (Å²) < 4.78 is 38.8. The fourth-order valence-corrected chi connectivity index (χ4v) is 5.50. The highest BCUT2D eigenvalue weighted by Gasteiger charge is 2.28. The molecule has 2 heterocycles. The largest absolute Gasteiger partial charge is 0.494 e. The summed E-state index contributed by atoms with van der Waals surface area (Å²) in [5.41, 5.74) is 2.72. The zero-order chi connectivity index (χ0) is 24.8. The molecule has 4 rings (SSSR count). The topological polar surface area (TPSA) is 92.1 Å². The molecule has 3 aromatic rings. The number of aryl methyl sites for hydroxylation is 1. The quantitative estimate of drug-likeness (QED) is 0.446. The van der Waals surface area contributed by atoms with Crippen molar-refractivity contribution in [3.05, 3.63) is 72.2 Å². The predicted molar refractivity (Wildman–Crippen MR) is 135 cm³/mol. The maximum absolute atomic E-state index is 13.4. The number of rotatable bonds is 10. The van der Waals surface area contributed by atoms with Crippen LogP contribution in [0.25, 0.3) is 0 Å². The molecule has 0 unspecified atom stereocenters. The Morgan fingerprint density at radius 1 is 1.11 bits per heavy atom. The molecular formula is C26H31N3O5S. The van der Waals surface area contributed by atoms with Gasteiger partial charge < -0.3 is 19.4 Å². The minimum Gasteiger partial charge on any atom is -0.494 e. The lowest BCUT2D eigenvalue weighted by Gasteiger charge is -2.22. The zero-order valence-electron chi connectivity index (χ0n) is 20.1. The van der Waals surface area contributed by atoms with Crippen molar-refractivity contribution in [1.82, 2.24) is 4.31 Å². The number of ether oxygens (including phenoxy) is 1. The van der Waals surface area contributed by atoms with Gasteiger partial charge in [-0.15, -0.1) is 0 Å². The van der Waals surface area contributed by atoms with Crippen molar-refractivity contribution in [2.24, 2.45) is 0 Å². The lowest BCUT2D eigenvalue weighted by Crippen LogP contribution is -2.37. The van der Waals surface area contributed by atoms with Crippen LogP contribution in [-0.4, -0.2) is 44.9 Å². The molecule has 0 saturated carbocycles. The fraction of sp³-hybridized carbons (Fsp3) is 0.346. The number of carbonyl (C=O) groups is 1. The summed E-state index contributed by atoms with van der Waals surface area (Å²) in [6.07, 6.45) is 3.85. The molecule has 0 radical (unpaired) electrons. The molecule has 1 fully saturated rings. The van der Waals surface area contributed by atoms with Gasteiger partial charge in [-0.25, -0.2) is 8.42 Å². The van der Waals surface area contributed by atoms with E-state index in [1.54, 1.807) is 24.3 Å².